The number of carboxylic acid groups (broad SMARTS) is 1. The number of benzene rings is 1. The van der Waals surface area contributed by atoms with E-state index >= 15 is 0 Å². The summed E-state index contributed by atoms with van der Waals surface area (Å²) >= 11 is 0.704. The number of carbonyl (C=O) groups is 1. The van der Waals surface area contributed by atoms with Gasteiger partial charge in [-0.25, -0.2) is 13.2 Å². The number of hydrogen-bond acceptors (Lipinski definition) is 5. The normalized spacial score (nSPS) is 11.1. The van der Waals surface area contributed by atoms with Crippen LogP contribution in [-0.2, 0) is 10.0 Å². The molecule has 1 aromatic heterocycles. The number of ether oxygens (including phenoxy) is 1. The molecule has 0 saturated heterocycles. The van der Waals surface area contributed by atoms with Crippen molar-refractivity contribution in [3.8, 4) is 5.75 Å². The fourth-order valence-corrected chi connectivity index (χ4v) is 3.77. The molecule has 0 fully saturated rings. The monoisotopic (exact) mass is 327 g/mol. The predicted molar refractivity (Wildman–Crippen MR) is 79.7 cm³/mol. The fraction of sp³-hybridized carbons (Fsp3) is 0.154. The second kappa shape index (κ2) is 6.15. The van der Waals surface area contributed by atoms with E-state index in [1.54, 1.807) is 24.3 Å². The van der Waals surface area contributed by atoms with Crippen LogP contribution in [0.15, 0.2) is 40.6 Å². The Kier molecular flexibility index (Phi) is 4.49. The Balaban J connectivity index is 2.18. The Morgan fingerprint density at radius 1 is 1.24 bits per heavy atom. The largest absolute Gasteiger partial charge is 0.494 e. The van der Waals surface area contributed by atoms with Crippen molar-refractivity contribution in [1.82, 2.24) is 0 Å². The van der Waals surface area contributed by atoms with Crippen molar-refractivity contribution in [1.29, 1.82) is 0 Å². The van der Waals surface area contributed by atoms with E-state index in [2.05, 4.69) is 4.72 Å². The Morgan fingerprint density at radius 3 is 2.43 bits per heavy atom. The maximum Gasteiger partial charge on any atom is 0.345 e. The lowest BCUT2D eigenvalue weighted by molar-refractivity contribution is 0.0702. The molecule has 0 radical (unpaired) electrons. The van der Waals surface area contributed by atoms with Crippen molar-refractivity contribution >= 4 is 33.0 Å². The van der Waals surface area contributed by atoms with Crippen LogP contribution in [0.1, 0.15) is 16.6 Å². The summed E-state index contributed by atoms with van der Waals surface area (Å²) < 4.78 is 31.9. The number of hydrogen-bond donors (Lipinski definition) is 2. The van der Waals surface area contributed by atoms with Crippen LogP contribution >= 0.6 is 11.3 Å². The summed E-state index contributed by atoms with van der Waals surface area (Å²) in [5.74, 6) is -0.507. The zero-order valence-electron chi connectivity index (χ0n) is 11.1. The van der Waals surface area contributed by atoms with Gasteiger partial charge in [-0.05, 0) is 43.3 Å². The third kappa shape index (κ3) is 3.73. The van der Waals surface area contributed by atoms with Gasteiger partial charge in [-0.2, -0.15) is 0 Å². The van der Waals surface area contributed by atoms with Gasteiger partial charge in [-0.3, -0.25) is 4.72 Å². The summed E-state index contributed by atoms with van der Waals surface area (Å²) in [5.41, 5.74) is 0.378. The Labute approximate surface area is 126 Å². The summed E-state index contributed by atoms with van der Waals surface area (Å²) in [7, 11) is -3.79. The molecule has 0 unspecified atom stereocenters. The second-order valence-corrected chi connectivity index (χ2v) is 6.98. The molecule has 1 heterocycles. The molecule has 0 aliphatic rings. The second-order valence-electron chi connectivity index (χ2n) is 3.99. The highest BCUT2D eigenvalue weighted by atomic mass is 32.2. The molecule has 21 heavy (non-hydrogen) atoms. The lowest BCUT2D eigenvalue weighted by Crippen LogP contribution is -2.11. The molecule has 0 aliphatic heterocycles. The van der Waals surface area contributed by atoms with Crippen LogP contribution in [0.2, 0.25) is 0 Å². The average Bonchev–Trinajstić information content (AvgIpc) is 2.92. The summed E-state index contributed by atoms with van der Waals surface area (Å²) in [6, 6.07) is 8.99. The van der Waals surface area contributed by atoms with E-state index in [0.29, 0.717) is 29.4 Å². The first-order chi connectivity index (χ1) is 9.92. The van der Waals surface area contributed by atoms with E-state index in [0.717, 1.165) is 0 Å². The van der Waals surface area contributed by atoms with E-state index < -0.39 is 16.0 Å². The fourth-order valence-electron chi connectivity index (χ4n) is 1.57. The topological polar surface area (TPSA) is 92.7 Å². The number of anilines is 1. The molecule has 0 spiro atoms. The number of sulfonamides is 1. The summed E-state index contributed by atoms with van der Waals surface area (Å²) in [6.45, 7) is 2.38. The van der Waals surface area contributed by atoms with Crippen LogP contribution < -0.4 is 9.46 Å². The average molecular weight is 327 g/mol. The SMILES string of the molecule is CCOc1ccc(NS(=O)(=O)c2ccc(C(=O)O)s2)cc1. The van der Waals surface area contributed by atoms with Crippen molar-refractivity contribution in [3.05, 3.63) is 41.3 Å². The molecule has 6 nitrogen and oxygen atoms in total. The maximum atomic E-state index is 12.1. The maximum absolute atomic E-state index is 12.1. The molecule has 1 aromatic carbocycles. The highest BCUT2D eigenvalue weighted by molar-refractivity contribution is 7.94. The van der Waals surface area contributed by atoms with Crippen LogP contribution in [-0.4, -0.2) is 26.1 Å². The zero-order valence-corrected chi connectivity index (χ0v) is 12.7. The van der Waals surface area contributed by atoms with E-state index in [1.807, 2.05) is 6.92 Å². The van der Waals surface area contributed by atoms with E-state index in [-0.39, 0.29) is 9.09 Å². The van der Waals surface area contributed by atoms with Crippen molar-refractivity contribution in [2.24, 2.45) is 0 Å². The molecule has 2 N–H and O–H groups in total. The van der Waals surface area contributed by atoms with Gasteiger partial charge in [-0.1, -0.05) is 0 Å². The van der Waals surface area contributed by atoms with Crippen molar-refractivity contribution in [2.75, 3.05) is 11.3 Å². The zero-order chi connectivity index (χ0) is 15.5. The Bertz CT molecular complexity index is 734. The van der Waals surface area contributed by atoms with E-state index in [9.17, 15) is 13.2 Å². The minimum Gasteiger partial charge on any atom is -0.494 e. The molecule has 2 aromatic rings. The molecule has 0 aliphatic carbocycles. The van der Waals surface area contributed by atoms with Crippen LogP contribution in [0.25, 0.3) is 0 Å². The highest BCUT2D eigenvalue weighted by Gasteiger charge is 2.19. The predicted octanol–water partition coefficient (Wildman–Crippen LogP) is 2.65. The molecule has 0 atom stereocenters. The van der Waals surface area contributed by atoms with Crippen LogP contribution in [0.5, 0.6) is 5.75 Å². The van der Waals surface area contributed by atoms with Crippen molar-refractivity contribution < 1.29 is 23.1 Å². The van der Waals surface area contributed by atoms with E-state index in [4.69, 9.17) is 9.84 Å². The standard InChI is InChI=1S/C13H13NO5S2/c1-2-19-10-5-3-9(4-6-10)14-21(17,18)12-8-7-11(20-12)13(15)16/h3-8,14H,2H2,1H3,(H,15,16). The number of aromatic carboxylic acids is 1. The summed E-state index contributed by atoms with van der Waals surface area (Å²) in [4.78, 5) is 10.8. The molecule has 0 amide bonds. The number of carboxylic acids is 1. The van der Waals surface area contributed by atoms with Crippen LogP contribution in [0.4, 0.5) is 5.69 Å². The number of thiophene rings is 1. The number of nitrogens with one attached hydrogen (secondary N) is 1. The third-order valence-electron chi connectivity index (χ3n) is 2.47. The van der Waals surface area contributed by atoms with Crippen molar-refractivity contribution in [3.63, 3.8) is 0 Å². The quantitative estimate of drug-likeness (QED) is 0.851. The Hall–Kier alpha value is -2.06. The molecule has 2 rings (SSSR count). The molecule has 8 heteroatoms. The highest BCUT2D eigenvalue weighted by Crippen LogP contribution is 2.25. The summed E-state index contributed by atoms with van der Waals surface area (Å²) in [5, 5.41) is 8.82. The van der Waals surface area contributed by atoms with Gasteiger partial charge in [0.05, 0.1) is 6.61 Å². The number of rotatable bonds is 6. The van der Waals surface area contributed by atoms with E-state index in [1.165, 1.54) is 12.1 Å². The van der Waals surface area contributed by atoms with Gasteiger partial charge < -0.3 is 9.84 Å². The lowest BCUT2D eigenvalue weighted by Gasteiger charge is -2.07. The minimum absolute atomic E-state index is 0.0259. The van der Waals surface area contributed by atoms with Gasteiger partial charge >= 0.3 is 5.97 Å². The minimum atomic E-state index is -3.79. The molecule has 0 bridgehead atoms. The van der Waals surface area contributed by atoms with Gasteiger partial charge in [0.25, 0.3) is 10.0 Å². The summed E-state index contributed by atoms with van der Waals surface area (Å²) in [6.07, 6.45) is 0. The molecule has 0 saturated carbocycles. The van der Waals surface area contributed by atoms with Gasteiger partial charge in [-0.15, -0.1) is 11.3 Å². The smallest absolute Gasteiger partial charge is 0.345 e. The van der Waals surface area contributed by atoms with Crippen LogP contribution in [0.3, 0.4) is 0 Å². The van der Waals surface area contributed by atoms with Gasteiger partial charge in [0.1, 0.15) is 14.8 Å². The third-order valence-corrected chi connectivity index (χ3v) is 5.42. The van der Waals surface area contributed by atoms with Gasteiger partial charge in [0.15, 0.2) is 0 Å². The molecule has 112 valence electrons. The van der Waals surface area contributed by atoms with Gasteiger partial charge in [0, 0.05) is 5.69 Å². The van der Waals surface area contributed by atoms with Crippen LogP contribution in [0, 0.1) is 0 Å². The first kappa shape index (κ1) is 15.3. The molecular formula is C13H13NO5S2. The first-order valence-electron chi connectivity index (χ1n) is 6.01. The lowest BCUT2D eigenvalue weighted by atomic mass is 10.3. The molecular weight excluding hydrogens is 314 g/mol. The first-order valence-corrected chi connectivity index (χ1v) is 8.31. The van der Waals surface area contributed by atoms with Crippen molar-refractivity contribution in [2.45, 2.75) is 11.1 Å². The Morgan fingerprint density at radius 2 is 1.90 bits per heavy atom. The van der Waals surface area contributed by atoms with Gasteiger partial charge in [0.2, 0.25) is 0 Å².